The number of rotatable bonds is 7. The number of ketones is 1. The molecule has 26 heavy (non-hydrogen) atoms. The number of furan rings is 1. The molecule has 1 aliphatic rings. The van der Waals surface area contributed by atoms with Gasteiger partial charge in [0.05, 0.1) is 18.4 Å². The lowest BCUT2D eigenvalue weighted by atomic mass is 9.90. The molecule has 2 aromatic rings. The van der Waals surface area contributed by atoms with Gasteiger partial charge in [-0.2, -0.15) is 0 Å². The first-order valence-corrected chi connectivity index (χ1v) is 9.34. The van der Waals surface area contributed by atoms with E-state index in [0.29, 0.717) is 23.6 Å². The summed E-state index contributed by atoms with van der Waals surface area (Å²) in [6.45, 7) is 2.56. The minimum absolute atomic E-state index is 0.310. The molecule has 0 aliphatic carbocycles. The average molecular weight is 418 g/mol. The summed E-state index contributed by atoms with van der Waals surface area (Å²) in [4.78, 5) is 26.9. The summed E-state index contributed by atoms with van der Waals surface area (Å²) in [5.41, 5.74) is -0.720. The van der Waals surface area contributed by atoms with Gasteiger partial charge in [-0.15, -0.1) is 0 Å². The quantitative estimate of drug-likeness (QED) is 0.689. The minimum Gasteiger partial charge on any atom is -0.465 e. The number of carbonyl (C=O) groups is 2. The average Bonchev–Trinajstić information content (AvgIpc) is 3.20. The van der Waals surface area contributed by atoms with Crippen molar-refractivity contribution < 1.29 is 19.1 Å². The highest BCUT2D eigenvalue weighted by molar-refractivity contribution is 9.10. The van der Waals surface area contributed by atoms with Crippen molar-refractivity contribution in [3.05, 3.63) is 58.5 Å². The Morgan fingerprint density at radius 1 is 1.38 bits per heavy atom. The lowest BCUT2D eigenvalue weighted by molar-refractivity contribution is -0.140. The summed E-state index contributed by atoms with van der Waals surface area (Å²) in [7, 11) is 0. The first-order valence-electron chi connectivity index (χ1n) is 8.54. The topological polar surface area (TPSA) is 70.8 Å². The van der Waals surface area contributed by atoms with E-state index < -0.39 is 11.5 Å². The number of benzene rings is 1. The Morgan fingerprint density at radius 3 is 2.88 bits per heavy atom. The normalized spacial score (nSPS) is 19.3. The van der Waals surface area contributed by atoms with Crippen LogP contribution in [0.25, 0.3) is 6.08 Å². The molecule has 1 atom stereocenters. The van der Waals surface area contributed by atoms with Crippen molar-refractivity contribution >= 4 is 39.4 Å². The zero-order chi connectivity index (χ0) is 18.7. The predicted octanol–water partition coefficient (Wildman–Crippen LogP) is 4.05. The molecule has 0 fully saturated rings. The van der Waals surface area contributed by atoms with E-state index in [0.717, 1.165) is 17.3 Å². The Morgan fingerprint density at radius 2 is 2.19 bits per heavy atom. The van der Waals surface area contributed by atoms with Gasteiger partial charge in [-0.3, -0.25) is 9.59 Å². The smallest absolute Gasteiger partial charge is 0.264 e. The lowest BCUT2D eigenvalue weighted by Gasteiger charge is -2.22. The van der Waals surface area contributed by atoms with Crippen molar-refractivity contribution in [2.75, 3.05) is 11.4 Å². The highest BCUT2D eigenvalue weighted by Gasteiger charge is 2.50. The van der Waals surface area contributed by atoms with Crippen LogP contribution in [0, 0.1) is 0 Å². The molecule has 0 radical (unpaired) electrons. The third-order valence-electron chi connectivity index (χ3n) is 4.44. The second-order valence-corrected chi connectivity index (χ2v) is 7.24. The second kappa shape index (κ2) is 7.60. The largest absolute Gasteiger partial charge is 0.465 e. The molecule has 1 N–H and O–H groups in total. The Kier molecular flexibility index (Phi) is 5.44. The summed E-state index contributed by atoms with van der Waals surface area (Å²) < 4.78 is 5.90. The summed E-state index contributed by atoms with van der Waals surface area (Å²) >= 11 is 3.38. The third kappa shape index (κ3) is 3.52. The summed E-state index contributed by atoms with van der Waals surface area (Å²) in [6.07, 6.45) is 5.81. The van der Waals surface area contributed by atoms with E-state index in [-0.39, 0.29) is 12.2 Å². The number of aliphatic hydroxyl groups is 1. The molecule has 1 aromatic heterocycles. The molecular weight excluding hydrogens is 398 g/mol. The number of unbranched alkanes of at least 4 members (excludes halogenated alkanes) is 1. The van der Waals surface area contributed by atoms with Crippen molar-refractivity contribution in [3.63, 3.8) is 0 Å². The molecule has 0 saturated heterocycles. The Labute approximate surface area is 160 Å². The van der Waals surface area contributed by atoms with Crippen LogP contribution in [-0.4, -0.2) is 23.3 Å². The van der Waals surface area contributed by atoms with Gasteiger partial charge < -0.3 is 14.4 Å². The van der Waals surface area contributed by atoms with Gasteiger partial charge in [-0.05, 0) is 48.9 Å². The standard InChI is InChI=1S/C20H20BrNO4/c1-2-3-10-22-18-9-6-14(21)12-17(18)20(25,19(22)24)13-15(23)7-8-16-5-4-11-26-16/h4-9,11-12,25H,2-3,10,13H2,1H3/b8-7+/t20-/m1/s1. The number of anilines is 1. The van der Waals surface area contributed by atoms with Crippen LogP contribution in [0.4, 0.5) is 5.69 Å². The number of carbonyl (C=O) groups excluding carboxylic acids is 2. The molecule has 5 nitrogen and oxygen atoms in total. The molecule has 136 valence electrons. The van der Waals surface area contributed by atoms with E-state index in [1.807, 2.05) is 13.0 Å². The van der Waals surface area contributed by atoms with Crippen molar-refractivity contribution in [1.82, 2.24) is 0 Å². The maximum Gasteiger partial charge on any atom is 0.264 e. The van der Waals surface area contributed by atoms with Crippen LogP contribution >= 0.6 is 15.9 Å². The Hall–Kier alpha value is -2.18. The lowest BCUT2D eigenvalue weighted by Crippen LogP contribution is -2.42. The molecule has 2 heterocycles. The first kappa shape index (κ1) is 18.6. The van der Waals surface area contributed by atoms with Crippen LogP contribution in [-0.2, 0) is 15.2 Å². The zero-order valence-electron chi connectivity index (χ0n) is 14.4. The van der Waals surface area contributed by atoms with Crippen LogP contribution in [0.1, 0.15) is 37.5 Å². The fourth-order valence-corrected chi connectivity index (χ4v) is 3.47. The molecule has 0 spiro atoms. The van der Waals surface area contributed by atoms with Crippen LogP contribution < -0.4 is 4.90 Å². The fraction of sp³-hybridized carbons (Fsp3) is 0.300. The number of allylic oxidation sites excluding steroid dienone is 1. The van der Waals surface area contributed by atoms with Crippen LogP contribution in [0.2, 0.25) is 0 Å². The van der Waals surface area contributed by atoms with Gasteiger partial charge in [0, 0.05) is 16.6 Å². The molecule has 1 aromatic carbocycles. The summed E-state index contributed by atoms with van der Waals surface area (Å²) in [5.74, 6) is -0.255. The first-order chi connectivity index (χ1) is 12.5. The van der Waals surface area contributed by atoms with Gasteiger partial charge in [0.25, 0.3) is 5.91 Å². The van der Waals surface area contributed by atoms with Crippen molar-refractivity contribution in [2.24, 2.45) is 0 Å². The number of hydrogen-bond acceptors (Lipinski definition) is 4. The zero-order valence-corrected chi connectivity index (χ0v) is 16.0. The maximum absolute atomic E-state index is 12.9. The van der Waals surface area contributed by atoms with Crippen LogP contribution in [0.3, 0.4) is 0 Å². The number of nitrogens with zero attached hydrogens (tertiary/aromatic N) is 1. The highest BCUT2D eigenvalue weighted by atomic mass is 79.9. The number of fused-ring (bicyclic) bond motifs is 1. The van der Waals surface area contributed by atoms with E-state index in [1.165, 1.54) is 18.4 Å². The third-order valence-corrected chi connectivity index (χ3v) is 4.93. The monoisotopic (exact) mass is 417 g/mol. The highest BCUT2D eigenvalue weighted by Crippen LogP contribution is 2.43. The van der Waals surface area contributed by atoms with E-state index in [4.69, 9.17) is 4.42 Å². The SMILES string of the molecule is CCCCN1C(=O)[C@@](O)(CC(=O)/C=C/c2ccco2)c2cc(Br)ccc21. The molecule has 1 amide bonds. The van der Waals surface area contributed by atoms with Crippen molar-refractivity contribution in [2.45, 2.75) is 31.8 Å². The summed E-state index contributed by atoms with van der Waals surface area (Å²) in [5, 5.41) is 11.1. The molecule has 0 unspecified atom stereocenters. The van der Waals surface area contributed by atoms with Gasteiger partial charge in [0.1, 0.15) is 5.76 Å². The van der Waals surface area contributed by atoms with E-state index in [2.05, 4.69) is 15.9 Å². The maximum atomic E-state index is 12.9. The second-order valence-electron chi connectivity index (χ2n) is 6.32. The van der Waals surface area contributed by atoms with E-state index in [9.17, 15) is 14.7 Å². The molecule has 1 aliphatic heterocycles. The van der Waals surface area contributed by atoms with Crippen molar-refractivity contribution in [1.29, 1.82) is 0 Å². The molecule has 3 rings (SSSR count). The van der Waals surface area contributed by atoms with Gasteiger partial charge in [0.2, 0.25) is 0 Å². The van der Waals surface area contributed by atoms with Gasteiger partial charge >= 0.3 is 0 Å². The minimum atomic E-state index is -1.85. The van der Waals surface area contributed by atoms with Gasteiger partial charge in [-0.1, -0.05) is 29.3 Å². The molecular formula is C20H20BrNO4. The molecule has 0 bridgehead atoms. The number of hydrogen-bond donors (Lipinski definition) is 1. The molecule has 0 saturated carbocycles. The van der Waals surface area contributed by atoms with E-state index >= 15 is 0 Å². The fourth-order valence-electron chi connectivity index (χ4n) is 3.10. The molecule has 6 heteroatoms. The van der Waals surface area contributed by atoms with Crippen molar-refractivity contribution in [3.8, 4) is 0 Å². The van der Waals surface area contributed by atoms with Crippen LogP contribution in [0.5, 0.6) is 0 Å². The summed E-state index contributed by atoms with van der Waals surface area (Å²) in [6, 6.07) is 8.78. The van der Waals surface area contributed by atoms with Gasteiger partial charge in [0.15, 0.2) is 11.4 Å². The number of halogens is 1. The predicted molar refractivity (Wildman–Crippen MR) is 103 cm³/mol. The van der Waals surface area contributed by atoms with Crippen LogP contribution in [0.15, 0.2) is 51.6 Å². The van der Waals surface area contributed by atoms with Gasteiger partial charge in [-0.25, -0.2) is 0 Å². The number of amides is 1. The Balaban J connectivity index is 1.88. The Bertz CT molecular complexity index is 844. The van der Waals surface area contributed by atoms with E-state index in [1.54, 1.807) is 29.2 Å².